The van der Waals surface area contributed by atoms with Crippen LogP contribution in [0.1, 0.15) is 24.0 Å². The van der Waals surface area contributed by atoms with Crippen molar-refractivity contribution in [3.8, 4) is 23.0 Å². The fourth-order valence-electron chi connectivity index (χ4n) is 4.38. The number of hydrogen-bond acceptors (Lipinski definition) is 7. The predicted molar refractivity (Wildman–Crippen MR) is 141 cm³/mol. The van der Waals surface area contributed by atoms with Crippen LogP contribution in [0.3, 0.4) is 0 Å². The number of rotatable bonds is 7. The van der Waals surface area contributed by atoms with E-state index in [-0.39, 0.29) is 30.3 Å². The summed E-state index contributed by atoms with van der Waals surface area (Å²) >= 11 is 0. The minimum absolute atomic E-state index is 0.0936. The molecule has 2 unspecified atom stereocenters. The minimum Gasteiger partial charge on any atom is -0.497 e. The van der Waals surface area contributed by atoms with E-state index in [1.165, 1.54) is 6.92 Å². The number of ether oxygens (including phenoxy) is 3. The maximum atomic E-state index is 13.3. The van der Waals surface area contributed by atoms with Crippen LogP contribution in [0.4, 0.5) is 11.4 Å². The molecule has 2 heterocycles. The van der Waals surface area contributed by atoms with Gasteiger partial charge in [-0.15, -0.1) is 0 Å². The van der Waals surface area contributed by atoms with Gasteiger partial charge < -0.3 is 30.3 Å². The van der Waals surface area contributed by atoms with E-state index in [0.29, 0.717) is 35.8 Å². The third kappa shape index (κ3) is 5.66. The second-order valence-electron chi connectivity index (χ2n) is 8.99. The van der Waals surface area contributed by atoms with Crippen LogP contribution in [0.15, 0.2) is 65.8 Å². The van der Waals surface area contributed by atoms with Gasteiger partial charge in [-0.3, -0.25) is 9.59 Å². The van der Waals surface area contributed by atoms with E-state index in [1.54, 1.807) is 31.4 Å². The van der Waals surface area contributed by atoms with Gasteiger partial charge in [-0.2, -0.15) is 5.10 Å². The largest absolute Gasteiger partial charge is 0.497 e. The van der Waals surface area contributed by atoms with E-state index in [9.17, 15) is 9.59 Å². The summed E-state index contributed by atoms with van der Waals surface area (Å²) in [5.74, 6) is 1.89. The summed E-state index contributed by atoms with van der Waals surface area (Å²) in [5, 5.41) is 9.89. The second kappa shape index (κ2) is 10.6. The Bertz CT molecular complexity index is 1360. The number of anilines is 2. The van der Waals surface area contributed by atoms with Gasteiger partial charge in [0.15, 0.2) is 5.75 Å². The first-order valence-electron chi connectivity index (χ1n) is 12.0. The van der Waals surface area contributed by atoms with Crippen molar-refractivity contribution in [3.05, 3.63) is 71.8 Å². The molecule has 0 aromatic heterocycles. The molecule has 0 spiro atoms. The van der Waals surface area contributed by atoms with Crippen molar-refractivity contribution in [1.29, 1.82) is 0 Å². The van der Waals surface area contributed by atoms with Crippen LogP contribution in [0.25, 0.3) is 0 Å². The Morgan fingerprint density at radius 2 is 1.95 bits per heavy atom. The second-order valence-corrected chi connectivity index (χ2v) is 8.99. The minimum atomic E-state index is -0.374. The Hall–Kier alpha value is -4.53. The third-order valence-electron chi connectivity index (χ3n) is 6.28. The number of benzene rings is 3. The lowest BCUT2D eigenvalue weighted by molar-refractivity contribution is -0.121. The Morgan fingerprint density at radius 3 is 2.73 bits per heavy atom. The average Bonchev–Trinajstić information content (AvgIpc) is 3.44. The van der Waals surface area contributed by atoms with Crippen molar-refractivity contribution in [1.82, 2.24) is 5.43 Å². The van der Waals surface area contributed by atoms with Gasteiger partial charge >= 0.3 is 0 Å². The number of hydrogen-bond donors (Lipinski definition) is 3. The zero-order valence-electron chi connectivity index (χ0n) is 20.6. The smallest absolute Gasteiger partial charge is 0.231 e. The summed E-state index contributed by atoms with van der Waals surface area (Å²) in [6.07, 6.45) is 2.38. The molecule has 0 bridgehead atoms. The zero-order valence-corrected chi connectivity index (χ0v) is 20.6. The standard InChI is InChI=1S/C28H28N4O5/c1-17(33)31-22-4-3-5-24(13-22)37-27-12-18(21-14-29-30-15-21)6-8-25(27)32-28(34)20-10-19-11-23(35-2)7-9-26(19)36-16-20/h3-9,11-14,20-21,30H,10,15-16H2,1-2H3,(H,31,33)(H,32,34). The molecule has 0 radical (unpaired) electrons. The molecule has 0 fully saturated rings. The number of nitrogens with zero attached hydrogens (tertiary/aromatic N) is 1. The van der Waals surface area contributed by atoms with Crippen LogP contribution in [0.5, 0.6) is 23.0 Å². The summed E-state index contributed by atoms with van der Waals surface area (Å²) in [7, 11) is 1.61. The highest BCUT2D eigenvalue weighted by Crippen LogP contribution is 2.35. The quantitative estimate of drug-likeness (QED) is 0.446. The van der Waals surface area contributed by atoms with E-state index in [2.05, 4.69) is 21.2 Å². The lowest BCUT2D eigenvalue weighted by atomic mass is 9.95. The Labute approximate surface area is 214 Å². The topological polar surface area (TPSA) is 110 Å². The molecule has 190 valence electrons. The van der Waals surface area contributed by atoms with Gasteiger partial charge in [-0.1, -0.05) is 12.1 Å². The Balaban J connectivity index is 1.38. The summed E-state index contributed by atoms with van der Waals surface area (Å²) in [6.45, 7) is 2.42. The third-order valence-corrected chi connectivity index (χ3v) is 6.28. The highest BCUT2D eigenvalue weighted by atomic mass is 16.5. The fourth-order valence-corrected chi connectivity index (χ4v) is 4.38. The zero-order chi connectivity index (χ0) is 25.8. The van der Waals surface area contributed by atoms with Gasteiger partial charge in [-0.05, 0) is 60.0 Å². The number of amides is 2. The van der Waals surface area contributed by atoms with Crippen molar-refractivity contribution in [2.45, 2.75) is 19.3 Å². The summed E-state index contributed by atoms with van der Waals surface area (Å²) in [5.41, 5.74) is 6.06. The highest BCUT2D eigenvalue weighted by molar-refractivity contribution is 5.95. The molecule has 9 heteroatoms. The van der Waals surface area contributed by atoms with Crippen LogP contribution in [-0.4, -0.2) is 38.3 Å². The maximum Gasteiger partial charge on any atom is 0.231 e. The molecule has 2 atom stereocenters. The first kappa shape index (κ1) is 24.2. The van der Waals surface area contributed by atoms with E-state index in [4.69, 9.17) is 14.2 Å². The Kier molecular flexibility index (Phi) is 6.93. The van der Waals surface area contributed by atoms with Gasteiger partial charge in [-0.25, -0.2) is 0 Å². The molecule has 3 aromatic carbocycles. The van der Waals surface area contributed by atoms with Gasteiger partial charge in [0.05, 0.1) is 18.7 Å². The van der Waals surface area contributed by atoms with E-state index in [0.717, 1.165) is 22.6 Å². The number of methoxy groups -OCH3 is 1. The molecule has 0 saturated heterocycles. The number of carbonyl (C=O) groups is 2. The molecule has 2 amide bonds. The molecular formula is C28H28N4O5. The summed E-state index contributed by atoms with van der Waals surface area (Å²) in [4.78, 5) is 24.8. The maximum absolute atomic E-state index is 13.3. The van der Waals surface area contributed by atoms with Crippen LogP contribution < -0.4 is 30.3 Å². The molecular weight excluding hydrogens is 472 g/mol. The van der Waals surface area contributed by atoms with Gasteiger partial charge in [0.2, 0.25) is 11.8 Å². The van der Waals surface area contributed by atoms with Crippen molar-refractivity contribution in [2.75, 3.05) is 30.9 Å². The number of fused-ring (bicyclic) bond motifs is 1. The van der Waals surface area contributed by atoms with Gasteiger partial charge in [0.1, 0.15) is 23.9 Å². The monoisotopic (exact) mass is 500 g/mol. The van der Waals surface area contributed by atoms with E-state index < -0.39 is 0 Å². The van der Waals surface area contributed by atoms with Crippen molar-refractivity contribution in [3.63, 3.8) is 0 Å². The van der Waals surface area contributed by atoms with E-state index in [1.807, 2.05) is 42.6 Å². The van der Waals surface area contributed by atoms with Crippen LogP contribution >= 0.6 is 0 Å². The molecule has 3 N–H and O–H groups in total. The van der Waals surface area contributed by atoms with Gasteiger partial charge in [0, 0.05) is 37.4 Å². The lowest BCUT2D eigenvalue weighted by Gasteiger charge is -2.25. The normalized spacial score (nSPS) is 17.7. The molecule has 3 aromatic rings. The molecule has 0 aliphatic carbocycles. The van der Waals surface area contributed by atoms with Crippen molar-refractivity contribution < 1.29 is 23.8 Å². The first-order valence-corrected chi connectivity index (χ1v) is 12.0. The molecule has 5 rings (SSSR count). The fraction of sp³-hybridized carbons (Fsp3) is 0.250. The van der Waals surface area contributed by atoms with Crippen LogP contribution in [0.2, 0.25) is 0 Å². The molecule has 37 heavy (non-hydrogen) atoms. The first-order chi connectivity index (χ1) is 18.0. The summed E-state index contributed by atoms with van der Waals surface area (Å²) < 4.78 is 17.4. The number of nitrogens with one attached hydrogen (secondary N) is 3. The number of hydrazone groups is 1. The SMILES string of the molecule is COc1ccc2c(c1)CC(C(=O)Nc1ccc(C3C=NNC3)cc1Oc1cccc(NC(C)=O)c1)CO2. The summed E-state index contributed by atoms with van der Waals surface area (Å²) in [6, 6.07) is 18.4. The number of carbonyl (C=O) groups excluding carboxylic acids is 2. The molecule has 9 nitrogen and oxygen atoms in total. The van der Waals surface area contributed by atoms with E-state index >= 15 is 0 Å². The average molecular weight is 501 g/mol. The highest BCUT2D eigenvalue weighted by Gasteiger charge is 2.27. The van der Waals surface area contributed by atoms with Crippen molar-refractivity contribution in [2.24, 2.45) is 11.0 Å². The molecule has 2 aliphatic heterocycles. The van der Waals surface area contributed by atoms with Crippen molar-refractivity contribution >= 4 is 29.4 Å². The Morgan fingerprint density at radius 1 is 1.05 bits per heavy atom. The molecule has 2 aliphatic rings. The lowest BCUT2D eigenvalue weighted by Crippen LogP contribution is -2.32. The van der Waals surface area contributed by atoms with Gasteiger partial charge in [0.25, 0.3) is 0 Å². The molecule has 0 saturated carbocycles. The van der Waals surface area contributed by atoms with Crippen LogP contribution in [0, 0.1) is 5.92 Å². The van der Waals surface area contributed by atoms with Crippen LogP contribution in [-0.2, 0) is 16.0 Å². The predicted octanol–water partition coefficient (Wildman–Crippen LogP) is 4.31.